The Balaban J connectivity index is 2.61. The highest BCUT2D eigenvalue weighted by atomic mass is 35.5. The Kier molecular flexibility index (Phi) is 3.40. The van der Waals surface area contributed by atoms with Crippen LogP contribution in [0.4, 0.5) is 0 Å². The van der Waals surface area contributed by atoms with Gasteiger partial charge in [-0.2, -0.15) is 0 Å². The first-order valence-electron chi connectivity index (χ1n) is 3.73. The molecule has 60 valence electrons. The lowest BCUT2D eigenvalue weighted by Crippen LogP contribution is -2.02. The van der Waals surface area contributed by atoms with Crippen LogP contribution in [0.1, 0.15) is 17.4 Å². The molecule has 1 aromatic carbocycles. The van der Waals surface area contributed by atoms with Crippen molar-refractivity contribution in [1.29, 1.82) is 0 Å². The number of rotatable bonds is 3. The van der Waals surface area contributed by atoms with Gasteiger partial charge >= 0.3 is 0 Å². The zero-order valence-corrected chi connectivity index (χ0v) is 7.09. The van der Waals surface area contributed by atoms with E-state index in [0.717, 1.165) is 12.0 Å². The Labute approximate surface area is 72.2 Å². The van der Waals surface area contributed by atoms with Gasteiger partial charge in [0.2, 0.25) is 0 Å². The lowest BCUT2D eigenvalue weighted by molar-refractivity contribution is 0.806. The number of alkyl halides is 1. The second-order valence-electron chi connectivity index (χ2n) is 2.46. The van der Waals surface area contributed by atoms with Gasteiger partial charge in [-0.3, -0.25) is 0 Å². The Morgan fingerprint density at radius 2 is 1.91 bits per heavy atom. The standard InChI is InChI=1S/C9H12ClN/c10-9(6-7-11)8-4-2-1-3-5-8/h1-5,9H,6-7,11H2. The molecule has 1 aromatic rings. The summed E-state index contributed by atoms with van der Waals surface area (Å²) in [5, 5.41) is 0.0706. The highest BCUT2D eigenvalue weighted by Gasteiger charge is 2.04. The largest absolute Gasteiger partial charge is 0.330 e. The van der Waals surface area contributed by atoms with E-state index in [1.165, 1.54) is 0 Å². The molecule has 0 spiro atoms. The fourth-order valence-electron chi connectivity index (χ4n) is 0.975. The van der Waals surface area contributed by atoms with Crippen LogP contribution in [0, 0.1) is 0 Å². The van der Waals surface area contributed by atoms with E-state index in [-0.39, 0.29) is 5.38 Å². The average molecular weight is 170 g/mol. The highest BCUT2D eigenvalue weighted by molar-refractivity contribution is 6.20. The van der Waals surface area contributed by atoms with Crippen molar-refractivity contribution >= 4 is 11.6 Å². The topological polar surface area (TPSA) is 26.0 Å². The fraction of sp³-hybridized carbons (Fsp3) is 0.333. The van der Waals surface area contributed by atoms with Gasteiger partial charge in [0, 0.05) is 0 Å². The maximum Gasteiger partial charge on any atom is 0.0597 e. The van der Waals surface area contributed by atoms with E-state index in [0.29, 0.717) is 6.54 Å². The smallest absolute Gasteiger partial charge is 0.0597 e. The monoisotopic (exact) mass is 169 g/mol. The van der Waals surface area contributed by atoms with Gasteiger partial charge in [0.15, 0.2) is 0 Å². The summed E-state index contributed by atoms with van der Waals surface area (Å²) in [5.74, 6) is 0. The summed E-state index contributed by atoms with van der Waals surface area (Å²) in [6.45, 7) is 0.642. The lowest BCUT2D eigenvalue weighted by Gasteiger charge is -2.06. The maximum absolute atomic E-state index is 6.03. The third kappa shape index (κ3) is 2.52. The van der Waals surface area contributed by atoms with E-state index in [9.17, 15) is 0 Å². The van der Waals surface area contributed by atoms with Gasteiger partial charge in [-0.05, 0) is 18.5 Å². The van der Waals surface area contributed by atoms with Gasteiger partial charge in [0.25, 0.3) is 0 Å². The van der Waals surface area contributed by atoms with E-state index in [1.54, 1.807) is 0 Å². The molecular formula is C9H12ClN. The molecule has 0 aliphatic heterocycles. The summed E-state index contributed by atoms with van der Waals surface area (Å²) in [5.41, 5.74) is 6.53. The summed E-state index contributed by atoms with van der Waals surface area (Å²) < 4.78 is 0. The number of nitrogens with two attached hydrogens (primary N) is 1. The minimum absolute atomic E-state index is 0.0706. The number of hydrogen-bond acceptors (Lipinski definition) is 1. The maximum atomic E-state index is 6.03. The van der Waals surface area contributed by atoms with Crippen LogP contribution < -0.4 is 5.73 Å². The molecule has 1 nitrogen and oxygen atoms in total. The zero-order valence-electron chi connectivity index (χ0n) is 6.33. The van der Waals surface area contributed by atoms with Gasteiger partial charge < -0.3 is 5.73 Å². The van der Waals surface area contributed by atoms with Crippen LogP contribution in [-0.4, -0.2) is 6.54 Å². The molecule has 0 radical (unpaired) electrons. The molecule has 0 saturated heterocycles. The summed E-state index contributed by atoms with van der Waals surface area (Å²) in [6, 6.07) is 10.00. The quantitative estimate of drug-likeness (QED) is 0.691. The fourth-order valence-corrected chi connectivity index (χ4v) is 1.25. The Bertz CT molecular complexity index is 198. The van der Waals surface area contributed by atoms with Crippen molar-refractivity contribution in [3.8, 4) is 0 Å². The molecule has 0 saturated carbocycles. The van der Waals surface area contributed by atoms with Crippen LogP contribution in [0.25, 0.3) is 0 Å². The molecule has 11 heavy (non-hydrogen) atoms. The van der Waals surface area contributed by atoms with Crippen molar-refractivity contribution in [3.63, 3.8) is 0 Å². The molecule has 1 unspecified atom stereocenters. The first-order chi connectivity index (χ1) is 5.34. The van der Waals surface area contributed by atoms with E-state index >= 15 is 0 Å². The predicted octanol–water partition coefficient (Wildman–Crippen LogP) is 2.32. The number of benzene rings is 1. The van der Waals surface area contributed by atoms with E-state index in [4.69, 9.17) is 17.3 Å². The first-order valence-corrected chi connectivity index (χ1v) is 4.17. The Morgan fingerprint density at radius 1 is 1.27 bits per heavy atom. The van der Waals surface area contributed by atoms with Crippen LogP contribution >= 0.6 is 11.6 Å². The molecule has 0 aromatic heterocycles. The summed E-state index contributed by atoms with van der Waals surface area (Å²) in [4.78, 5) is 0. The molecule has 2 heteroatoms. The van der Waals surface area contributed by atoms with Crippen LogP contribution in [0.5, 0.6) is 0 Å². The zero-order chi connectivity index (χ0) is 8.10. The van der Waals surface area contributed by atoms with E-state index in [1.807, 2.05) is 30.3 Å². The number of halogens is 1. The lowest BCUT2D eigenvalue weighted by atomic mass is 10.1. The van der Waals surface area contributed by atoms with Crippen molar-refractivity contribution in [2.24, 2.45) is 5.73 Å². The third-order valence-corrected chi connectivity index (χ3v) is 2.05. The van der Waals surface area contributed by atoms with E-state index in [2.05, 4.69) is 0 Å². The van der Waals surface area contributed by atoms with Crippen molar-refractivity contribution in [2.45, 2.75) is 11.8 Å². The average Bonchev–Trinajstić information content (AvgIpc) is 2.07. The predicted molar refractivity (Wildman–Crippen MR) is 48.7 cm³/mol. The minimum Gasteiger partial charge on any atom is -0.330 e. The summed E-state index contributed by atoms with van der Waals surface area (Å²) >= 11 is 6.03. The van der Waals surface area contributed by atoms with Crippen LogP contribution in [0.2, 0.25) is 0 Å². The Hall–Kier alpha value is -0.530. The van der Waals surface area contributed by atoms with Gasteiger partial charge in [-0.1, -0.05) is 30.3 Å². The molecule has 0 amide bonds. The number of hydrogen-bond donors (Lipinski definition) is 1. The second-order valence-corrected chi connectivity index (χ2v) is 2.98. The normalized spacial score (nSPS) is 12.9. The van der Waals surface area contributed by atoms with Gasteiger partial charge in [0.05, 0.1) is 5.38 Å². The van der Waals surface area contributed by atoms with Crippen molar-refractivity contribution in [1.82, 2.24) is 0 Å². The first kappa shape index (κ1) is 8.57. The van der Waals surface area contributed by atoms with Crippen molar-refractivity contribution in [2.75, 3.05) is 6.54 Å². The Morgan fingerprint density at radius 3 is 2.45 bits per heavy atom. The summed E-state index contributed by atoms with van der Waals surface area (Å²) in [6.07, 6.45) is 0.839. The molecule has 2 N–H and O–H groups in total. The van der Waals surface area contributed by atoms with Crippen LogP contribution in [-0.2, 0) is 0 Å². The molecule has 0 aliphatic carbocycles. The van der Waals surface area contributed by atoms with Crippen molar-refractivity contribution in [3.05, 3.63) is 35.9 Å². The summed E-state index contributed by atoms with van der Waals surface area (Å²) in [7, 11) is 0. The molecule has 0 fully saturated rings. The third-order valence-electron chi connectivity index (χ3n) is 1.58. The van der Waals surface area contributed by atoms with Crippen LogP contribution in [0.15, 0.2) is 30.3 Å². The molecule has 1 atom stereocenters. The SMILES string of the molecule is NCCC(Cl)c1ccccc1. The molecule has 0 aliphatic rings. The molecule has 0 bridgehead atoms. The van der Waals surface area contributed by atoms with Gasteiger partial charge in [-0.15, -0.1) is 11.6 Å². The second kappa shape index (κ2) is 4.37. The highest BCUT2D eigenvalue weighted by Crippen LogP contribution is 2.22. The molecular weight excluding hydrogens is 158 g/mol. The van der Waals surface area contributed by atoms with Crippen molar-refractivity contribution < 1.29 is 0 Å². The van der Waals surface area contributed by atoms with E-state index < -0.39 is 0 Å². The van der Waals surface area contributed by atoms with Gasteiger partial charge in [-0.25, -0.2) is 0 Å². The molecule has 1 rings (SSSR count). The molecule has 0 heterocycles. The van der Waals surface area contributed by atoms with Crippen LogP contribution in [0.3, 0.4) is 0 Å². The van der Waals surface area contributed by atoms with Gasteiger partial charge in [0.1, 0.15) is 0 Å². The minimum atomic E-state index is 0.0706.